The maximum Gasteiger partial charge on any atom is 0.213 e. The molecular formula is C36H26N2O4. The van der Waals surface area contributed by atoms with E-state index in [1.807, 2.05) is 84.9 Å². The lowest BCUT2D eigenvalue weighted by atomic mass is 9.87. The molecule has 6 aromatic rings. The number of carbonyl (C=O) groups is 4. The van der Waals surface area contributed by atoms with Crippen molar-refractivity contribution in [2.24, 2.45) is 0 Å². The van der Waals surface area contributed by atoms with E-state index in [1.54, 1.807) is 23.0 Å². The summed E-state index contributed by atoms with van der Waals surface area (Å²) in [6.07, 6.45) is 0. The quantitative estimate of drug-likeness (QED) is 0.214. The number of nitrogens with zero attached hydrogens (tertiary/aromatic N) is 2. The summed E-state index contributed by atoms with van der Waals surface area (Å²) in [6, 6.07) is 27.0. The lowest BCUT2D eigenvalue weighted by Crippen LogP contribution is -2.26. The van der Waals surface area contributed by atoms with Crippen LogP contribution < -0.4 is 0 Å². The van der Waals surface area contributed by atoms with Crippen LogP contribution in [0.25, 0.3) is 32.9 Å². The summed E-state index contributed by atoms with van der Waals surface area (Å²) < 4.78 is 3.46. The van der Waals surface area contributed by atoms with Crippen LogP contribution in [0.5, 0.6) is 0 Å². The number of rotatable bonds is 4. The highest BCUT2D eigenvalue weighted by Gasteiger charge is 2.44. The Morgan fingerprint density at radius 2 is 0.881 bits per heavy atom. The summed E-state index contributed by atoms with van der Waals surface area (Å²) >= 11 is 0. The molecule has 0 N–H and O–H groups in total. The molecule has 42 heavy (non-hydrogen) atoms. The summed E-state index contributed by atoms with van der Waals surface area (Å²) in [5.74, 6) is -1.51. The second kappa shape index (κ2) is 9.08. The van der Waals surface area contributed by atoms with E-state index < -0.39 is 11.6 Å². The molecule has 0 spiro atoms. The minimum atomic E-state index is -0.449. The molecule has 0 aliphatic heterocycles. The van der Waals surface area contributed by atoms with Gasteiger partial charge in [0.1, 0.15) is 11.4 Å². The van der Waals surface area contributed by atoms with Crippen LogP contribution in [0.3, 0.4) is 0 Å². The molecule has 6 nitrogen and oxygen atoms in total. The Kier molecular flexibility index (Phi) is 5.53. The van der Waals surface area contributed by atoms with E-state index in [4.69, 9.17) is 0 Å². The Morgan fingerprint density at radius 1 is 0.524 bits per heavy atom. The molecule has 0 radical (unpaired) electrons. The first-order chi connectivity index (χ1) is 20.2. The number of ketones is 4. The molecule has 7 rings (SSSR count). The first kappa shape index (κ1) is 25.6. The summed E-state index contributed by atoms with van der Waals surface area (Å²) in [5, 5.41) is 3.66. The zero-order valence-electron chi connectivity index (χ0n) is 23.6. The van der Waals surface area contributed by atoms with Gasteiger partial charge in [-0.05, 0) is 50.6 Å². The second-order valence-electron chi connectivity index (χ2n) is 10.8. The monoisotopic (exact) mass is 550 g/mol. The van der Waals surface area contributed by atoms with Crippen LogP contribution in [0.1, 0.15) is 78.1 Å². The van der Waals surface area contributed by atoms with Crippen LogP contribution >= 0.6 is 0 Å². The summed E-state index contributed by atoms with van der Waals surface area (Å²) in [5.41, 5.74) is 3.22. The second-order valence-corrected chi connectivity index (χ2v) is 10.8. The highest BCUT2D eigenvalue weighted by atomic mass is 16.1. The Bertz CT molecular complexity index is 2040. The van der Waals surface area contributed by atoms with Gasteiger partial charge in [0.25, 0.3) is 0 Å². The van der Waals surface area contributed by atoms with Crippen molar-refractivity contribution in [3.05, 3.63) is 130 Å². The normalized spacial score (nSPS) is 12.6. The van der Waals surface area contributed by atoms with Crippen molar-refractivity contribution in [3.63, 3.8) is 0 Å². The fourth-order valence-electron chi connectivity index (χ4n) is 6.76. The third kappa shape index (κ3) is 3.32. The average Bonchev–Trinajstić information content (AvgIpc) is 3.47. The number of benzene rings is 4. The number of fused-ring (bicyclic) bond motifs is 4. The molecule has 0 amide bonds. The lowest BCUT2D eigenvalue weighted by molar-refractivity contribution is 0.0956. The summed E-state index contributed by atoms with van der Waals surface area (Å²) in [7, 11) is 0. The van der Waals surface area contributed by atoms with E-state index in [2.05, 4.69) is 0 Å². The van der Waals surface area contributed by atoms with Gasteiger partial charge in [0, 0.05) is 22.2 Å². The van der Waals surface area contributed by atoms with Crippen LogP contribution in [-0.4, -0.2) is 32.3 Å². The molecule has 1 aliphatic rings. The van der Waals surface area contributed by atoms with Crippen molar-refractivity contribution in [1.82, 2.24) is 9.13 Å². The van der Waals surface area contributed by atoms with Crippen LogP contribution in [0.2, 0.25) is 0 Å². The molecule has 2 heterocycles. The number of Topliss-reactive ketones (excluding diaryl/α,β-unsaturated/α-hetero) is 2. The predicted octanol–water partition coefficient (Wildman–Crippen LogP) is 7.37. The summed E-state index contributed by atoms with van der Waals surface area (Å²) in [6.45, 7) is 6.36. The molecule has 0 atom stereocenters. The van der Waals surface area contributed by atoms with Gasteiger partial charge in [-0.1, -0.05) is 72.8 Å². The molecule has 2 aromatic heterocycles. The van der Waals surface area contributed by atoms with Gasteiger partial charge in [0.05, 0.1) is 33.6 Å². The zero-order valence-corrected chi connectivity index (χ0v) is 23.6. The third-order valence-corrected chi connectivity index (χ3v) is 8.42. The lowest BCUT2D eigenvalue weighted by Gasteiger charge is -2.20. The van der Waals surface area contributed by atoms with Crippen molar-refractivity contribution in [2.45, 2.75) is 27.7 Å². The van der Waals surface area contributed by atoms with Crippen molar-refractivity contribution in [2.75, 3.05) is 0 Å². The molecule has 0 fully saturated rings. The van der Waals surface area contributed by atoms with Crippen LogP contribution in [0.15, 0.2) is 84.9 Å². The largest absolute Gasteiger partial charge is 0.309 e. The van der Waals surface area contributed by atoms with E-state index in [0.717, 1.165) is 21.5 Å². The molecular weight excluding hydrogens is 524 g/mol. The van der Waals surface area contributed by atoms with Gasteiger partial charge in [-0.3, -0.25) is 19.2 Å². The standard InChI is InChI=1S/C36H26N2O4/c1-19-29(21(3)39)31-33(37(19)27-17-9-13-23-11-5-7-15-25(23)27)36(42)32-30(22(4)40)20(2)38(34(32)35(31)41)28-18-10-14-24-12-6-8-16-26(24)28/h5-18H,1-4H3. The number of aromatic nitrogens is 2. The first-order valence-electron chi connectivity index (χ1n) is 13.8. The van der Waals surface area contributed by atoms with Crippen LogP contribution in [0, 0.1) is 13.8 Å². The molecule has 204 valence electrons. The SMILES string of the molecule is CC(=O)c1c2c(n(-c3cccc4ccccc34)c1C)C(=O)c1c(C(C)=O)c(C)n(-c3cccc4ccccc34)c1C2=O. The van der Waals surface area contributed by atoms with Gasteiger partial charge >= 0.3 is 0 Å². The van der Waals surface area contributed by atoms with E-state index in [-0.39, 0.29) is 45.2 Å². The number of hydrogen-bond donors (Lipinski definition) is 0. The van der Waals surface area contributed by atoms with Crippen LogP contribution in [-0.2, 0) is 0 Å². The van der Waals surface area contributed by atoms with Gasteiger partial charge in [0.2, 0.25) is 11.6 Å². The maximum absolute atomic E-state index is 14.7. The fraction of sp³-hybridized carbons (Fsp3) is 0.111. The Morgan fingerprint density at radius 3 is 1.26 bits per heavy atom. The van der Waals surface area contributed by atoms with E-state index in [0.29, 0.717) is 22.8 Å². The molecule has 1 aliphatic carbocycles. The van der Waals surface area contributed by atoms with E-state index >= 15 is 0 Å². The fourth-order valence-corrected chi connectivity index (χ4v) is 6.76. The predicted molar refractivity (Wildman–Crippen MR) is 163 cm³/mol. The zero-order chi connectivity index (χ0) is 29.4. The van der Waals surface area contributed by atoms with Gasteiger partial charge in [-0.15, -0.1) is 0 Å². The van der Waals surface area contributed by atoms with Gasteiger partial charge in [0.15, 0.2) is 11.6 Å². The topological polar surface area (TPSA) is 78.1 Å². The first-order valence-corrected chi connectivity index (χ1v) is 13.8. The molecule has 4 aromatic carbocycles. The van der Waals surface area contributed by atoms with Gasteiger partial charge in [-0.2, -0.15) is 0 Å². The van der Waals surface area contributed by atoms with Crippen molar-refractivity contribution < 1.29 is 19.2 Å². The number of hydrogen-bond acceptors (Lipinski definition) is 4. The molecule has 0 unspecified atom stereocenters. The molecule has 0 saturated carbocycles. The van der Waals surface area contributed by atoms with Crippen molar-refractivity contribution in [3.8, 4) is 11.4 Å². The van der Waals surface area contributed by atoms with E-state index in [1.165, 1.54) is 13.8 Å². The smallest absolute Gasteiger partial charge is 0.213 e. The highest BCUT2D eigenvalue weighted by molar-refractivity contribution is 6.33. The Labute approximate surface area is 241 Å². The number of carbonyl (C=O) groups excluding carboxylic acids is 4. The van der Waals surface area contributed by atoms with Crippen molar-refractivity contribution in [1.29, 1.82) is 0 Å². The highest BCUT2D eigenvalue weighted by Crippen LogP contribution is 2.41. The minimum Gasteiger partial charge on any atom is -0.309 e. The minimum absolute atomic E-state index is 0.0829. The Hall–Kier alpha value is -5.36. The van der Waals surface area contributed by atoms with Crippen LogP contribution in [0.4, 0.5) is 0 Å². The average molecular weight is 551 g/mol. The molecule has 0 saturated heterocycles. The van der Waals surface area contributed by atoms with Gasteiger partial charge < -0.3 is 9.13 Å². The molecule has 6 heteroatoms. The maximum atomic E-state index is 14.7. The summed E-state index contributed by atoms with van der Waals surface area (Å²) in [4.78, 5) is 55.8. The van der Waals surface area contributed by atoms with E-state index in [9.17, 15) is 19.2 Å². The van der Waals surface area contributed by atoms with Gasteiger partial charge in [-0.25, -0.2) is 0 Å². The Balaban J connectivity index is 1.62. The molecule has 0 bridgehead atoms. The van der Waals surface area contributed by atoms with Crippen molar-refractivity contribution >= 4 is 44.7 Å². The third-order valence-electron chi connectivity index (χ3n) is 8.42.